The maximum Gasteiger partial charge on any atom is 0.239 e. The molecule has 1 aromatic carbocycles. The van der Waals surface area contributed by atoms with Gasteiger partial charge in [-0.2, -0.15) is 0 Å². The maximum absolute atomic E-state index is 11.5. The molecule has 1 amide bonds. The lowest BCUT2D eigenvalue weighted by molar-refractivity contribution is -0.120. The Morgan fingerprint density at radius 3 is 2.64 bits per heavy atom. The fraction of sp³-hybridized carbons (Fsp3) is 0.400. The fourth-order valence-corrected chi connectivity index (χ4v) is 3.23. The minimum absolute atomic E-state index is 0. The number of nitrogens with one attached hydrogen (secondary N) is 2. The summed E-state index contributed by atoms with van der Waals surface area (Å²) in [5, 5.41) is 6.26. The molecule has 28 heavy (non-hydrogen) atoms. The largest absolute Gasteiger partial charge is 0.360 e. The van der Waals surface area contributed by atoms with Crippen molar-refractivity contribution < 1.29 is 4.79 Å². The molecule has 0 radical (unpaired) electrons. The summed E-state index contributed by atoms with van der Waals surface area (Å²) in [4.78, 5) is 20.1. The maximum atomic E-state index is 11.5. The van der Waals surface area contributed by atoms with Gasteiger partial charge in [0.1, 0.15) is 0 Å². The van der Waals surface area contributed by atoms with Crippen molar-refractivity contribution in [2.75, 3.05) is 38.6 Å². The summed E-state index contributed by atoms with van der Waals surface area (Å²) in [5.74, 6) is 0.935. The monoisotopic (exact) mass is 496 g/mol. The average Bonchev–Trinajstić information content (AvgIpc) is 3.07. The van der Waals surface area contributed by atoms with Crippen molar-refractivity contribution in [3.63, 3.8) is 0 Å². The van der Waals surface area contributed by atoms with Gasteiger partial charge in [-0.15, -0.1) is 24.0 Å². The normalized spacial score (nSPS) is 14.3. The van der Waals surface area contributed by atoms with Crippen LogP contribution in [-0.4, -0.2) is 55.1 Å². The van der Waals surface area contributed by atoms with Crippen LogP contribution in [0.2, 0.25) is 0 Å². The van der Waals surface area contributed by atoms with Crippen LogP contribution in [0.15, 0.2) is 47.6 Å². The predicted molar refractivity (Wildman–Crippen MR) is 124 cm³/mol. The Bertz CT molecular complexity index is 801. The van der Waals surface area contributed by atoms with E-state index < -0.39 is 0 Å². The molecule has 1 saturated heterocycles. The quantitative estimate of drug-likeness (QED) is 0.377. The fourth-order valence-electron chi connectivity index (χ4n) is 3.23. The van der Waals surface area contributed by atoms with E-state index in [4.69, 9.17) is 0 Å². The van der Waals surface area contributed by atoms with Crippen LogP contribution < -0.4 is 15.5 Å². The molecule has 1 fully saturated rings. The Hall–Kier alpha value is -2.23. The number of hydrogen-bond donors (Lipinski definition) is 2. The first-order chi connectivity index (χ1) is 13.1. The smallest absolute Gasteiger partial charge is 0.239 e. The number of aromatic nitrogens is 1. The lowest BCUT2D eigenvalue weighted by atomic mass is 10.2. The molecular formula is C20H29IN6O. The third kappa shape index (κ3) is 5.63. The van der Waals surface area contributed by atoms with Gasteiger partial charge in [0, 0.05) is 58.4 Å². The lowest BCUT2D eigenvalue weighted by Crippen LogP contribution is -2.47. The minimum atomic E-state index is 0. The van der Waals surface area contributed by atoms with Crippen LogP contribution in [0, 0.1) is 0 Å². The Balaban J connectivity index is 0.00000280. The summed E-state index contributed by atoms with van der Waals surface area (Å²) in [6.45, 7) is 3.46. The molecule has 0 spiro atoms. The van der Waals surface area contributed by atoms with Crippen molar-refractivity contribution in [1.82, 2.24) is 20.1 Å². The first kappa shape index (κ1) is 22.1. The molecular weight excluding hydrogens is 467 g/mol. The molecule has 1 aliphatic rings. The first-order valence-electron chi connectivity index (χ1n) is 9.19. The number of halogens is 1. The highest BCUT2D eigenvalue weighted by molar-refractivity contribution is 14.0. The molecule has 2 heterocycles. The molecule has 152 valence electrons. The van der Waals surface area contributed by atoms with Gasteiger partial charge >= 0.3 is 0 Å². The molecule has 0 unspecified atom stereocenters. The number of carbonyl (C=O) groups excluding carboxylic acids is 1. The molecule has 1 aromatic heterocycles. The number of amides is 1. The van der Waals surface area contributed by atoms with Gasteiger partial charge < -0.3 is 25.0 Å². The molecule has 8 heteroatoms. The van der Waals surface area contributed by atoms with Gasteiger partial charge in [-0.1, -0.05) is 12.1 Å². The average molecular weight is 496 g/mol. The number of piperazine rings is 1. The summed E-state index contributed by atoms with van der Waals surface area (Å²) >= 11 is 0. The number of anilines is 1. The van der Waals surface area contributed by atoms with Crippen LogP contribution in [0.3, 0.4) is 0 Å². The van der Waals surface area contributed by atoms with Crippen LogP contribution in [-0.2, 0) is 24.9 Å². The summed E-state index contributed by atoms with van der Waals surface area (Å²) in [7, 11) is 5.88. The minimum Gasteiger partial charge on any atom is -0.360 e. The third-order valence-electron chi connectivity index (χ3n) is 4.81. The first-order valence-corrected chi connectivity index (χ1v) is 9.19. The number of aliphatic imine (C=N–C) groups is 1. The number of guanidine groups is 1. The number of hydrogen-bond acceptors (Lipinski definition) is 3. The van der Waals surface area contributed by atoms with Crippen molar-refractivity contribution in [2.45, 2.75) is 13.1 Å². The van der Waals surface area contributed by atoms with Crippen LogP contribution in [0.1, 0.15) is 11.3 Å². The number of nitrogens with zero attached hydrogens (tertiary/aromatic N) is 4. The van der Waals surface area contributed by atoms with E-state index in [1.165, 1.54) is 11.3 Å². The SMILES string of the molecule is CN=C(NCc1ccc(N2CCNC(=O)C2)cc1)N(C)Cc1cccn1C.I. The topological polar surface area (TPSA) is 64.9 Å². The van der Waals surface area contributed by atoms with Crippen LogP contribution in [0.4, 0.5) is 5.69 Å². The van der Waals surface area contributed by atoms with Gasteiger partial charge in [-0.25, -0.2) is 0 Å². The zero-order valence-electron chi connectivity index (χ0n) is 16.7. The van der Waals surface area contributed by atoms with Gasteiger partial charge in [0.15, 0.2) is 5.96 Å². The van der Waals surface area contributed by atoms with Gasteiger partial charge in [0.05, 0.1) is 13.1 Å². The zero-order valence-corrected chi connectivity index (χ0v) is 19.0. The van der Waals surface area contributed by atoms with Crippen molar-refractivity contribution in [3.05, 3.63) is 53.9 Å². The van der Waals surface area contributed by atoms with Crippen LogP contribution in [0.25, 0.3) is 0 Å². The van der Waals surface area contributed by atoms with Crippen molar-refractivity contribution in [3.8, 4) is 0 Å². The second kappa shape index (κ2) is 10.4. The third-order valence-corrected chi connectivity index (χ3v) is 4.81. The molecule has 2 N–H and O–H groups in total. The van der Waals surface area contributed by atoms with E-state index in [-0.39, 0.29) is 29.9 Å². The molecule has 0 aliphatic carbocycles. The van der Waals surface area contributed by atoms with Gasteiger partial charge in [0.2, 0.25) is 5.91 Å². The Kier molecular flexibility index (Phi) is 8.16. The van der Waals surface area contributed by atoms with Gasteiger partial charge in [0.25, 0.3) is 0 Å². The molecule has 2 aromatic rings. The zero-order chi connectivity index (χ0) is 19.2. The molecule has 1 aliphatic heterocycles. The Morgan fingerprint density at radius 1 is 1.29 bits per heavy atom. The van der Waals surface area contributed by atoms with E-state index in [0.29, 0.717) is 19.6 Å². The Morgan fingerprint density at radius 2 is 2.04 bits per heavy atom. The summed E-state index contributed by atoms with van der Waals surface area (Å²) in [6, 6.07) is 12.5. The molecule has 0 bridgehead atoms. The van der Waals surface area contributed by atoms with E-state index in [1.54, 1.807) is 7.05 Å². The standard InChI is InChI=1S/C20H28N6O.HI/c1-21-20(25(3)14-18-5-4-11-24(18)2)23-13-16-6-8-17(9-7-16)26-12-10-22-19(27)15-26;/h4-9,11H,10,12-15H2,1-3H3,(H,21,23)(H,22,27);1H. The number of aryl methyl sites for hydroxylation is 1. The Labute approximate surface area is 183 Å². The molecule has 0 atom stereocenters. The predicted octanol–water partition coefficient (Wildman–Crippen LogP) is 1.79. The molecule has 7 nitrogen and oxygen atoms in total. The lowest BCUT2D eigenvalue weighted by Gasteiger charge is -2.28. The van der Waals surface area contributed by atoms with Crippen molar-refractivity contribution in [1.29, 1.82) is 0 Å². The second-order valence-corrected chi connectivity index (χ2v) is 6.81. The van der Waals surface area contributed by atoms with Crippen molar-refractivity contribution in [2.24, 2.45) is 12.0 Å². The number of rotatable bonds is 5. The second-order valence-electron chi connectivity index (χ2n) is 6.81. The molecule has 3 rings (SSSR count). The highest BCUT2D eigenvalue weighted by atomic mass is 127. The van der Waals surface area contributed by atoms with Gasteiger partial charge in [-0.3, -0.25) is 9.79 Å². The van der Waals surface area contributed by atoms with Gasteiger partial charge in [-0.05, 0) is 29.8 Å². The van der Waals surface area contributed by atoms with E-state index in [1.807, 2.05) is 26.4 Å². The highest BCUT2D eigenvalue weighted by Crippen LogP contribution is 2.16. The van der Waals surface area contributed by atoms with E-state index >= 15 is 0 Å². The highest BCUT2D eigenvalue weighted by Gasteiger charge is 2.16. The van der Waals surface area contributed by atoms with E-state index in [9.17, 15) is 4.79 Å². The summed E-state index contributed by atoms with van der Waals surface area (Å²) in [5.41, 5.74) is 3.49. The number of carbonyl (C=O) groups is 1. The number of benzene rings is 1. The van der Waals surface area contributed by atoms with E-state index in [0.717, 1.165) is 24.7 Å². The van der Waals surface area contributed by atoms with E-state index in [2.05, 4.69) is 60.3 Å². The van der Waals surface area contributed by atoms with Crippen LogP contribution in [0.5, 0.6) is 0 Å². The summed E-state index contributed by atoms with van der Waals surface area (Å²) < 4.78 is 2.11. The summed E-state index contributed by atoms with van der Waals surface area (Å²) in [6.07, 6.45) is 2.05. The van der Waals surface area contributed by atoms with Crippen molar-refractivity contribution >= 4 is 41.5 Å². The molecule has 0 saturated carbocycles. The van der Waals surface area contributed by atoms with Crippen LogP contribution >= 0.6 is 24.0 Å².